The average molecular weight is 476 g/mol. The summed E-state index contributed by atoms with van der Waals surface area (Å²) in [6, 6.07) is 9.33. The summed E-state index contributed by atoms with van der Waals surface area (Å²) in [5.41, 5.74) is 4.26. The first-order chi connectivity index (χ1) is 17.0. The molecule has 180 valence electrons. The molecule has 1 saturated heterocycles. The average Bonchev–Trinajstić information content (AvgIpc) is 3.47. The van der Waals surface area contributed by atoms with Crippen molar-refractivity contribution in [2.24, 2.45) is 0 Å². The van der Waals surface area contributed by atoms with Gasteiger partial charge in [-0.3, -0.25) is 9.20 Å². The zero-order chi connectivity index (χ0) is 24.5. The second kappa shape index (κ2) is 9.18. The summed E-state index contributed by atoms with van der Waals surface area (Å²) >= 11 is 0. The number of amides is 2. The summed E-state index contributed by atoms with van der Waals surface area (Å²) in [5.74, 6) is 0.556. The molecule has 35 heavy (non-hydrogen) atoms. The first-order valence-electron chi connectivity index (χ1n) is 11.0. The Hall–Kier alpha value is -4.25. The molecule has 4 heterocycles. The van der Waals surface area contributed by atoms with Crippen molar-refractivity contribution in [3.63, 3.8) is 0 Å². The maximum Gasteiger partial charge on any atom is 0.409 e. The van der Waals surface area contributed by atoms with E-state index in [0.717, 1.165) is 11.1 Å². The van der Waals surface area contributed by atoms with Gasteiger partial charge in [-0.15, -0.1) is 0 Å². The van der Waals surface area contributed by atoms with Crippen LogP contribution in [-0.4, -0.2) is 63.7 Å². The largest absolute Gasteiger partial charge is 0.453 e. The molecule has 1 aliphatic rings. The van der Waals surface area contributed by atoms with E-state index in [1.807, 2.05) is 37.3 Å². The summed E-state index contributed by atoms with van der Waals surface area (Å²) in [7, 11) is 2.98. The molecular formula is C24H24N6O5. The second-order valence-electron chi connectivity index (χ2n) is 8.35. The van der Waals surface area contributed by atoms with E-state index in [0.29, 0.717) is 54.0 Å². The van der Waals surface area contributed by atoms with E-state index in [1.165, 1.54) is 7.11 Å². The van der Waals surface area contributed by atoms with Crippen LogP contribution < -0.4 is 5.32 Å². The lowest BCUT2D eigenvalue weighted by Crippen LogP contribution is -2.48. The molecule has 0 spiro atoms. The number of hydrogen-bond acceptors (Lipinski definition) is 8. The molecule has 3 aromatic heterocycles. The fourth-order valence-electron chi connectivity index (χ4n) is 3.96. The maximum absolute atomic E-state index is 13.1. The first kappa shape index (κ1) is 22.5. The van der Waals surface area contributed by atoms with Crippen LogP contribution in [0.4, 0.5) is 10.5 Å². The van der Waals surface area contributed by atoms with Crippen LogP contribution in [0.2, 0.25) is 0 Å². The lowest BCUT2D eigenvalue weighted by molar-refractivity contribution is 0.0804. The van der Waals surface area contributed by atoms with Crippen LogP contribution in [0.3, 0.4) is 0 Å². The number of hydrogen-bond donors (Lipinski definition) is 1. The van der Waals surface area contributed by atoms with Crippen molar-refractivity contribution < 1.29 is 23.6 Å². The number of imidazole rings is 1. The maximum atomic E-state index is 13.1. The van der Waals surface area contributed by atoms with Gasteiger partial charge in [-0.1, -0.05) is 17.3 Å². The zero-order valence-corrected chi connectivity index (χ0v) is 19.5. The highest BCUT2D eigenvalue weighted by Crippen LogP contribution is 2.29. The van der Waals surface area contributed by atoms with Crippen molar-refractivity contribution >= 4 is 23.3 Å². The van der Waals surface area contributed by atoms with Gasteiger partial charge in [0, 0.05) is 37.6 Å². The minimum absolute atomic E-state index is 0.0282. The predicted molar refractivity (Wildman–Crippen MR) is 125 cm³/mol. The van der Waals surface area contributed by atoms with Crippen LogP contribution in [-0.2, 0) is 16.1 Å². The molecule has 2 amide bonds. The van der Waals surface area contributed by atoms with Crippen molar-refractivity contribution in [3.05, 3.63) is 65.4 Å². The van der Waals surface area contributed by atoms with E-state index in [4.69, 9.17) is 14.0 Å². The van der Waals surface area contributed by atoms with Gasteiger partial charge in [0.25, 0.3) is 5.91 Å². The number of anilines is 1. The zero-order valence-electron chi connectivity index (χ0n) is 19.5. The fourth-order valence-corrected chi connectivity index (χ4v) is 3.96. The molecule has 11 heteroatoms. The Morgan fingerprint density at radius 1 is 1.20 bits per heavy atom. The van der Waals surface area contributed by atoms with E-state index in [2.05, 4.69) is 20.4 Å². The van der Waals surface area contributed by atoms with Gasteiger partial charge in [0.05, 0.1) is 25.8 Å². The van der Waals surface area contributed by atoms with Crippen molar-refractivity contribution in [3.8, 4) is 11.4 Å². The lowest BCUT2D eigenvalue weighted by Gasteiger charge is -2.35. The van der Waals surface area contributed by atoms with Crippen molar-refractivity contribution in [1.82, 2.24) is 24.4 Å². The minimum Gasteiger partial charge on any atom is -0.453 e. The molecule has 1 fully saturated rings. The Morgan fingerprint density at radius 3 is 2.80 bits per heavy atom. The summed E-state index contributed by atoms with van der Waals surface area (Å²) in [6.07, 6.45) is 2.97. The number of rotatable bonds is 6. The Balaban J connectivity index is 1.32. The van der Waals surface area contributed by atoms with E-state index in [1.54, 1.807) is 28.8 Å². The van der Waals surface area contributed by atoms with E-state index in [9.17, 15) is 9.59 Å². The molecule has 0 radical (unpaired) electrons. The molecule has 0 unspecified atom stereocenters. The van der Waals surface area contributed by atoms with E-state index in [-0.39, 0.29) is 17.9 Å². The number of aromatic nitrogens is 4. The molecule has 0 saturated carbocycles. The van der Waals surface area contributed by atoms with Crippen molar-refractivity contribution in [1.29, 1.82) is 0 Å². The molecular weight excluding hydrogens is 452 g/mol. The highest BCUT2D eigenvalue weighted by molar-refractivity contribution is 6.04. The number of nitrogens with one attached hydrogen (secondary N) is 1. The number of fused-ring (bicyclic) bond motifs is 1. The molecule has 0 aliphatic carbocycles. The van der Waals surface area contributed by atoms with Gasteiger partial charge in [-0.2, -0.15) is 4.98 Å². The van der Waals surface area contributed by atoms with E-state index < -0.39 is 0 Å². The Labute approximate surface area is 200 Å². The molecule has 1 N–H and O–H groups in total. The fraction of sp³-hybridized carbons (Fsp3) is 0.292. The monoisotopic (exact) mass is 476 g/mol. The van der Waals surface area contributed by atoms with Crippen LogP contribution in [0.5, 0.6) is 0 Å². The molecule has 1 aromatic carbocycles. The highest BCUT2D eigenvalue weighted by atomic mass is 16.5. The number of pyridine rings is 1. The van der Waals surface area contributed by atoms with Gasteiger partial charge in [0.15, 0.2) is 0 Å². The number of benzene rings is 1. The number of methoxy groups -OCH3 is 2. The molecule has 0 atom stereocenters. The summed E-state index contributed by atoms with van der Waals surface area (Å²) < 4.78 is 17.0. The Bertz CT molecular complexity index is 1400. The van der Waals surface area contributed by atoms with Crippen LogP contribution >= 0.6 is 0 Å². The third-order valence-electron chi connectivity index (χ3n) is 5.97. The summed E-state index contributed by atoms with van der Waals surface area (Å²) in [4.78, 5) is 35.0. The number of carbonyl (C=O) groups excluding carboxylic acids is 2. The van der Waals surface area contributed by atoms with E-state index >= 15 is 0 Å². The molecule has 5 rings (SSSR count). The third-order valence-corrected chi connectivity index (χ3v) is 5.97. The topological polar surface area (TPSA) is 124 Å². The van der Waals surface area contributed by atoms with Crippen LogP contribution in [0.1, 0.15) is 33.4 Å². The molecule has 4 aromatic rings. The Kier molecular flexibility index (Phi) is 5.91. The molecule has 0 bridgehead atoms. The SMILES string of the molecule is COCc1ccn2c(C(=O)Nc3cc(-c4noc(C5CN(C(=O)OC)C5)n4)ccc3C)cnc2c1. The predicted octanol–water partition coefficient (Wildman–Crippen LogP) is 3.26. The van der Waals surface area contributed by atoms with Gasteiger partial charge in [0.2, 0.25) is 11.7 Å². The number of nitrogens with zero attached hydrogens (tertiary/aromatic N) is 5. The minimum atomic E-state index is -0.374. The third kappa shape index (κ3) is 4.33. The second-order valence-corrected chi connectivity index (χ2v) is 8.35. The molecule has 1 aliphatic heterocycles. The summed E-state index contributed by atoms with van der Waals surface area (Å²) in [5, 5.41) is 7.05. The van der Waals surface area contributed by atoms with Gasteiger partial charge in [-0.25, -0.2) is 9.78 Å². The quantitative estimate of drug-likeness (QED) is 0.450. The van der Waals surface area contributed by atoms with Gasteiger partial charge in [-0.05, 0) is 36.2 Å². The number of likely N-dealkylation sites (tertiary alicyclic amines) is 1. The van der Waals surface area contributed by atoms with Crippen molar-refractivity contribution in [2.75, 3.05) is 32.6 Å². The van der Waals surface area contributed by atoms with Gasteiger partial charge in [0.1, 0.15) is 11.3 Å². The first-order valence-corrected chi connectivity index (χ1v) is 11.0. The highest BCUT2D eigenvalue weighted by Gasteiger charge is 2.36. The van der Waals surface area contributed by atoms with Crippen molar-refractivity contribution in [2.45, 2.75) is 19.4 Å². The van der Waals surface area contributed by atoms with Crippen LogP contribution in [0.15, 0.2) is 47.2 Å². The standard InChI is InChI=1S/C24H24N6O5/c1-14-4-5-16(21-27-23(35-28-21)17-11-29(12-17)24(32)34-3)9-18(14)26-22(31)19-10-25-20-8-15(13-33-2)6-7-30(19)20/h4-10,17H,11-13H2,1-3H3,(H,26,31). The molecule has 11 nitrogen and oxygen atoms in total. The van der Waals surface area contributed by atoms with Crippen LogP contribution in [0.25, 0.3) is 17.0 Å². The smallest absolute Gasteiger partial charge is 0.409 e. The number of ether oxygens (including phenoxy) is 2. The summed E-state index contributed by atoms with van der Waals surface area (Å²) in [6.45, 7) is 3.31. The van der Waals surface area contributed by atoms with Gasteiger partial charge < -0.3 is 24.2 Å². The Morgan fingerprint density at radius 2 is 2.03 bits per heavy atom. The lowest BCUT2D eigenvalue weighted by atomic mass is 10.0. The van der Waals surface area contributed by atoms with Crippen LogP contribution in [0, 0.1) is 6.92 Å². The van der Waals surface area contributed by atoms with Gasteiger partial charge >= 0.3 is 6.09 Å². The normalized spacial score (nSPS) is 13.6. The number of aryl methyl sites for hydroxylation is 1. The number of carbonyl (C=O) groups is 2.